The van der Waals surface area contributed by atoms with Gasteiger partial charge >= 0.3 is 5.97 Å². The molecule has 3 saturated carbocycles. The Morgan fingerprint density at radius 1 is 1.23 bits per heavy atom. The summed E-state index contributed by atoms with van der Waals surface area (Å²) < 4.78 is 37.8. The van der Waals surface area contributed by atoms with Crippen LogP contribution in [-0.4, -0.2) is 46.2 Å². The Kier molecular flexibility index (Phi) is 4.49. The summed E-state index contributed by atoms with van der Waals surface area (Å²) in [5.74, 6) is -2.70. The van der Waals surface area contributed by atoms with Crippen molar-refractivity contribution in [1.29, 1.82) is 0 Å². The summed E-state index contributed by atoms with van der Waals surface area (Å²) in [6, 6.07) is 0. The monoisotopic (exact) mass is 422 g/mol. The van der Waals surface area contributed by atoms with Gasteiger partial charge in [-0.2, -0.15) is 0 Å². The number of carbonyl (C=O) groups is 3. The second kappa shape index (κ2) is 6.31. The number of Topliss-reactive ketones (excluding diaryl/α,β-unsaturated/α-hetero) is 1. The van der Waals surface area contributed by atoms with Crippen molar-refractivity contribution in [2.24, 2.45) is 22.7 Å². The summed E-state index contributed by atoms with van der Waals surface area (Å²) >= 11 is 0. The predicted octanol–water partition coefficient (Wildman–Crippen LogP) is 3.20. The molecule has 0 heterocycles. The van der Waals surface area contributed by atoms with Gasteiger partial charge in [-0.1, -0.05) is 13.0 Å². The van der Waals surface area contributed by atoms with E-state index >= 15 is 8.78 Å². The molecule has 3 fully saturated rings. The van der Waals surface area contributed by atoms with Crippen molar-refractivity contribution < 1.29 is 33.0 Å². The van der Waals surface area contributed by atoms with Gasteiger partial charge in [0.05, 0.1) is 6.10 Å². The molecule has 0 saturated heterocycles. The van der Waals surface area contributed by atoms with E-state index in [0.717, 1.165) is 6.08 Å². The van der Waals surface area contributed by atoms with Gasteiger partial charge in [-0.05, 0) is 63.2 Å². The van der Waals surface area contributed by atoms with Gasteiger partial charge in [0, 0.05) is 23.7 Å². The molecule has 0 aromatic carbocycles. The van der Waals surface area contributed by atoms with Crippen molar-refractivity contribution >= 4 is 17.5 Å². The number of aliphatic hydroxyl groups is 1. The lowest BCUT2D eigenvalue weighted by Gasteiger charge is -2.63. The van der Waals surface area contributed by atoms with E-state index in [1.807, 2.05) is 0 Å². The smallest absolute Gasteiger partial charge is 0.303 e. The molecule has 4 aliphatic carbocycles. The van der Waals surface area contributed by atoms with E-state index in [4.69, 9.17) is 4.74 Å². The fraction of sp³-hybridized carbons (Fsp3) is 0.696. The highest BCUT2D eigenvalue weighted by atomic mass is 19.1. The van der Waals surface area contributed by atoms with E-state index in [1.165, 1.54) is 32.9 Å². The summed E-state index contributed by atoms with van der Waals surface area (Å²) in [5.41, 5.74) is -6.09. The standard InChI is InChI=1S/C23H28F2O5/c1-12(26)22(30-13(2)27)8-6-15-16-10-18(24)17-9-14(28)5-7-20(17,3)23(16,25)19(29)11-21(15,22)4/h5,7,9,15-16,18-19,29H,6,8,10-11H2,1-4H3/t15-,16-,18-,19-,20-,21-,22-,23-/m0/s1. The van der Waals surface area contributed by atoms with Crippen LogP contribution in [0, 0.1) is 22.7 Å². The normalized spacial score (nSPS) is 49.6. The molecule has 0 aliphatic heterocycles. The Morgan fingerprint density at radius 2 is 1.90 bits per heavy atom. The maximum Gasteiger partial charge on any atom is 0.303 e. The SMILES string of the molecule is CC(=O)O[C@]1(C(C)=O)CC[C@H]2[C@@H]3C[C@H](F)C4=CC(=O)C=C[C@]4(C)[C@@]3(F)[C@@H](O)C[C@@]21C. The second-order valence-electron chi connectivity index (χ2n) is 9.87. The molecule has 5 nitrogen and oxygen atoms in total. The average Bonchev–Trinajstić information content (AvgIpc) is 2.92. The van der Waals surface area contributed by atoms with Crippen molar-refractivity contribution in [1.82, 2.24) is 0 Å². The Morgan fingerprint density at radius 3 is 2.50 bits per heavy atom. The fourth-order valence-electron chi connectivity index (χ4n) is 7.25. The number of ether oxygens (including phenoxy) is 1. The molecule has 1 N–H and O–H groups in total. The molecule has 7 heteroatoms. The van der Waals surface area contributed by atoms with Crippen LogP contribution < -0.4 is 0 Å². The van der Waals surface area contributed by atoms with Gasteiger partial charge in [0.15, 0.2) is 22.8 Å². The van der Waals surface area contributed by atoms with Crippen LogP contribution in [0.3, 0.4) is 0 Å². The molecule has 4 aliphatic rings. The van der Waals surface area contributed by atoms with Crippen molar-refractivity contribution in [2.75, 3.05) is 0 Å². The highest BCUT2D eigenvalue weighted by Crippen LogP contribution is 2.70. The molecule has 0 bridgehead atoms. The van der Waals surface area contributed by atoms with Gasteiger partial charge < -0.3 is 9.84 Å². The van der Waals surface area contributed by atoms with Crippen LogP contribution in [0.1, 0.15) is 53.4 Å². The average molecular weight is 422 g/mol. The first-order chi connectivity index (χ1) is 13.8. The van der Waals surface area contributed by atoms with Gasteiger partial charge in [-0.3, -0.25) is 14.4 Å². The van der Waals surface area contributed by atoms with Gasteiger partial charge in [-0.25, -0.2) is 8.78 Å². The molecular weight excluding hydrogens is 394 g/mol. The molecule has 0 aromatic heterocycles. The lowest BCUT2D eigenvalue weighted by Crippen LogP contribution is -2.70. The minimum atomic E-state index is -2.20. The van der Waals surface area contributed by atoms with Crippen LogP contribution in [0.4, 0.5) is 8.78 Å². The van der Waals surface area contributed by atoms with Crippen molar-refractivity contribution in [3.05, 3.63) is 23.8 Å². The van der Waals surface area contributed by atoms with Gasteiger partial charge in [0.2, 0.25) is 0 Å². The largest absolute Gasteiger partial charge is 0.451 e. The summed E-state index contributed by atoms with van der Waals surface area (Å²) in [7, 11) is 0. The molecule has 0 amide bonds. The fourth-order valence-corrected chi connectivity index (χ4v) is 7.25. The number of fused-ring (bicyclic) bond motifs is 5. The van der Waals surface area contributed by atoms with Crippen LogP contribution >= 0.6 is 0 Å². The van der Waals surface area contributed by atoms with E-state index in [0.29, 0.717) is 6.42 Å². The molecule has 4 rings (SSSR count). The number of alkyl halides is 2. The number of esters is 1. The Bertz CT molecular complexity index is 896. The van der Waals surface area contributed by atoms with E-state index in [2.05, 4.69) is 0 Å². The molecule has 0 unspecified atom stereocenters. The molecule has 164 valence electrons. The number of carbonyl (C=O) groups excluding carboxylic acids is 3. The number of rotatable bonds is 2. The van der Waals surface area contributed by atoms with Crippen LogP contribution in [0.2, 0.25) is 0 Å². The zero-order valence-electron chi connectivity index (χ0n) is 17.7. The topological polar surface area (TPSA) is 80.7 Å². The summed E-state index contributed by atoms with van der Waals surface area (Å²) in [5, 5.41) is 11.2. The van der Waals surface area contributed by atoms with Crippen molar-refractivity contribution in [2.45, 2.75) is 76.9 Å². The summed E-state index contributed by atoms with van der Waals surface area (Å²) in [6.45, 7) is 5.85. The number of halogens is 2. The molecular formula is C23H28F2O5. The maximum atomic E-state index is 16.9. The first-order valence-electron chi connectivity index (χ1n) is 10.5. The third-order valence-electron chi connectivity index (χ3n) is 8.64. The van der Waals surface area contributed by atoms with Gasteiger partial charge in [0.1, 0.15) is 6.17 Å². The lowest BCUT2D eigenvalue weighted by atomic mass is 9.44. The van der Waals surface area contributed by atoms with E-state index < -0.39 is 58.0 Å². The number of aliphatic hydroxyl groups excluding tert-OH is 1. The van der Waals surface area contributed by atoms with E-state index in [1.54, 1.807) is 6.92 Å². The molecule has 30 heavy (non-hydrogen) atoms. The molecule has 0 spiro atoms. The number of allylic oxidation sites excluding steroid dienone is 4. The summed E-state index contributed by atoms with van der Waals surface area (Å²) in [6.07, 6.45) is 1.02. The third kappa shape index (κ3) is 2.33. The van der Waals surface area contributed by atoms with Crippen LogP contribution in [0.5, 0.6) is 0 Å². The van der Waals surface area contributed by atoms with Crippen molar-refractivity contribution in [3.63, 3.8) is 0 Å². The second-order valence-corrected chi connectivity index (χ2v) is 9.87. The van der Waals surface area contributed by atoms with Crippen LogP contribution in [-0.2, 0) is 19.1 Å². The van der Waals surface area contributed by atoms with Crippen molar-refractivity contribution in [3.8, 4) is 0 Å². The van der Waals surface area contributed by atoms with Gasteiger partial charge in [0.25, 0.3) is 0 Å². The zero-order chi connectivity index (χ0) is 22.3. The first kappa shape index (κ1) is 21.3. The molecule has 0 radical (unpaired) electrons. The number of ketones is 2. The maximum absolute atomic E-state index is 16.9. The molecule has 8 atom stereocenters. The minimum Gasteiger partial charge on any atom is -0.451 e. The number of hydrogen-bond donors (Lipinski definition) is 1. The third-order valence-corrected chi connectivity index (χ3v) is 8.64. The van der Waals surface area contributed by atoms with Gasteiger partial charge in [-0.15, -0.1) is 0 Å². The summed E-state index contributed by atoms with van der Waals surface area (Å²) in [4.78, 5) is 36.4. The van der Waals surface area contributed by atoms with Crippen LogP contribution in [0.25, 0.3) is 0 Å². The Labute approximate surface area is 174 Å². The highest BCUT2D eigenvalue weighted by Gasteiger charge is 2.76. The Balaban J connectivity index is 1.86. The minimum absolute atomic E-state index is 0.0622. The number of hydrogen-bond acceptors (Lipinski definition) is 5. The molecule has 0 aromatic rings. The quantitative estimate of drug-likeness (QED) is 0.692. The predicted molar refractivity (Wildman–Crippen MR) is 104 cm³/mol. The van der Waals surface area contributed by atoms with E-state index in [-0.39, 0.29) is 30.6 Å². The van der Waals surface area contributed by atoms with Crippen LogP contribution in [0.15, 0.2) is 23.8 Å². The highest BCUT2D eigenvalue weighted by molar-refractivity contribution is 6.01. The zero-order valence-corrected chi connectivity index (χ0v) is 17.7. The van der Waals surface area contributed by atoms with E-state index in [9.17, 15) is 19.5 Å². The Hall–Kier alpha value is -1.89. The first-order valence-corrected chi connectivity index (χ1v) is 10.5. The lowest BCUT2D eigenvalue weighted by molar-refractivity contribution is -0.227.